The van der Waals surface area contributed by atoms with Crippen molar-refractivity contribution in [2.75, 3.05) is 19.7 Å². The molecule has 0 radical (unpaired) electrons. The first-order valence-electron chi connectivity index (χ1n) is 8.50. The molecule has 0 heterocycles. The monoisotopic (exact) mass is 350 g/mol. The Balaban J connectivity index is 2.80. The molecule has 0 aliphatic carbocycles. The zero-order chi connectivity index (χ0) is 18.8. The highest BCUT2D eigenvalue weighted by molar-refractivity contribution is 5.80. The Bertz CT molecular complexity index is 601. The lowest BCUT2D eigenvalue weighted by molar-refractivity contribution is -0.385. The number of nitrogens with zero attached hydrogens (tertiary/aromatic N) is 2. The second kappa shape index (κ2) is 10.4. The van der Waals surface area contributed by atoms with Crippen LogP contribution in [0.3, 0.4) is 0 Å². The molecule has 1 rings (SSSR count). The van der Waals surface area contributed by atoms with E-state index in [1.807, 2.05) is 0 Å². The highest BCUT2D eigenvalue weighted by atomic mass is 16.6. The summed E-state index contributed by atoms with van der Waals surface area (Å²) in [5, 5.41) is 11.1. The molecule has 0 spiro atoms. The normalized spacial score (nSPS) is 10.6. The first-order valence-corrected chi connectivity index (χ1v) is 8.50. The topological polar surface area (TPSA) is 89.8 Å². The van der Waals surface area contributed by atoms with Gasteiger partial charge < -0.3 is 9.64 Å². The molecule has 0 saturated heterocycles. The van der Waals surface area contributed by atoms with Crippen LogP contribution in [0.25, 0.3) is 0 Å². The highest BCUT2D eigenvalue weighted by Gasteiger charge is 2.20. The Morgan fingerprint density at radius 3 is 2.52 bits per heavy atom. The van der Waals surface area contributed by atoms with Gasteiger partial charge in [-0.1, -0.05) is 32.0 Å². The van der Waals surface area contributed by atoms with Gasteiger partial charge in [0.25, 0.3) is 5.69 Å². The lowest BCUT2D eigenvalue weighted by Crippen LogP contribution is -2.36. The van der Waals surface area contributed by atoms with Gasteiger partial charge in [-0.3, -0.25) is 19.7 Å². The molecule has 138 valence electrons. The molecule has 7 nitrogen and oxygen atoms in total. The fourth-order valence-corrected chi connectivity index (χ4v) is 2.35. The molecule has 0 aromatic heterocycles. The van der Waals surface area contributed by atoms with Crippen LogP contribution in [0.4, 0.5) is 5.69 Å². The van der Waals surface area contributed by atoms with Crippen LogP contribution in [-0.4, -0.2) is 41.4 Å². The molecule has 0 N–H and O–H groups in total. The van der Waals surface area contributed by atoms with Crippen molar-refractivity contribution in [3.8, 4) is 0 Å². The molecule has 1 aromatic carbocycles. The molecule has 0 aliphatic rings. The third-order valence-electron chi connectivity index (χ3n) is 3.75. The van der Waals surface area contributed by atoms with Gasteiger partial charge in [0.1, 0.15) is 0 Å². The lowest BCUT2D eigenvalue weighted by Gasteiger charge is -2.23. The Hall–Kier alpha value is -2.44. The van der Waals surface area contributed by atoms with E-state index in [9.17, 15) is 19.7 Å². The fourth-order valence-electron chi connectivity index (χ4n) is 2.35. The second-order valence-electron chi connectivity index (χ2n) is 6.18. The van der Waals surface area contributed by atoms with E-state index < -0.39 is 4.92 Å². The van der Waals surface area contributed by atoms with Crippen molar-refractivity contribution in [2.45, 2.75) is 40.0 Å². The van der Waals surface area contributed by atoms with E-state index in [1.165, 1.54) is 6.07 Å². The van der Waals surface area contributed by atoms with Crippen LogP contribution in [0.5, 0.6) is 0 Å². The summed E-state index contributed by atoms with van der Waals surface area (Å²) in [5.74, 6) is -0.168. The number of hydrogen-bond acceptors (Lipinski definition) is 5. The van der Waals surface area contributed by atoms with Crippen molar-refractivity contribution >= 4 is 17.6 Å². The van der Waals surface area contributed by atoms with Crippen molar-refractivity contribution in [3.05, 3.63) is 39.9 Å². The molecule has 1 aromatic rings. The second-order valence-corrected chi connectivity index (χ2v) is 6.18. The molecular formula is C18H26N2O5. The summed E-state index contributed by atoms with van der Waals surface area (Å²) in [6, 6.07) is 6.22. The van der Waals surface area contributed by atoms with Crippen molar-refractivity contribution in [1.29, 1.82) is 0 Å². The molecule has 0 unspecified atom stereocenters. The van der Waals surface area contributed by atoms with Crippen molar-refractivity contribution in [3.63, 3.8) is 0 Å². The Morgan fingerprint density at radius 2 is 1.92 bits per heavy atom. The first kappa shape index (κ1) is 20.6. The largest absolute Gasteiger partial charge is 0.466 e. The summed E-state index contributed by atoms with van der Waals surface area (Å²) >= 11 is 0. The van der Waals surface area contributed by atoms with E-state index in [0.717, 1.165) is 6.42 Å². The molecule has 0 fully saturated rings. The van der Waals surface area contributed by atoms with E-state index >= 15 is 0 Å². The zero-order valence-corrected chi connectivity index (χ0v) is 15.1. The Morgan fingerprint density at radius 1 is 1.24 bits per heavy atom. The number of ether oxygens (including phenoxy) is 1. The van der Waals surface area contributed by atoms with Crippen LogP contribution in [0.15, 0.2) is 24.3 Å². The molecule has 7 heteroatoms. The minimum absolute atomic E-state index is 0.0575. The van der Waals surface area contributed by atoms with E-state index in [0.29, 0.717) is 24.6 Å². The summed E-state index contributed by atoms with van der Waals surface area (Å²) in [5.41, 5.74) is 0.313. The predicted molar refractivity (Wildman–Crippen MR) is 94.1 cm³/mol. The van der Waals surface area contributed by atoms with Crippen LogP contribution in [0.1, 0.15) is 39.2 Å². The quantitative estimate of drug-likeness (QED) is 0.368. The lowest BCUT2D eigenvalue weighted by atomic mass is 10.1. The molecule has 0 bridgehead atoms. The van der Waals surface area contributed by atoms with E-state index in [1.54, 1.807) is 30.0 Å². The molecule has 0 atom stereocenters. The number of amides is 1. The van der Waals surface area contributed by atoms with Gasteiger partial charge in [0.2, 0.25) is 5.91 Å². The van der Waals surface area contributed by atoms with E-state index in [-0.39, 0.29) is 37.0 Å². The molecule has 25 heavy (non-hydrogen) atoms. The number of carbonyl (C=O) groups is 2. The summed E-state index contributed by atoms with van der Waals surface area (Å²) in [4.78, 5) is 36.4. The van der Waals surface area contributed by atoms with E-state index in [4.69, 9.17) is 4.74 Å². The van der Waals surface area contributed by atoms with Gasteiger partial charge in [0.15, 0.2) is 0 Å². The van der Waals surface area contributed by atoms with Gasteiger partial charge in [-0.2, -0.15) is 0 Å². The van der Waals surface area contributed by atoms with Crippen LogP contribution in [0, 0.1) is 16.0 Å². The SMILES string of the molecule is CCOC(=O)CCN(CCC(C)C)C(=O)Cc1ccccc1[N+](=O)[O-]. The standard InChI is InChI=1S/C18H26N2O5/c1-4-25-18(22)10-12-19(11-9-14(2)3)17(21)13-15-7-5-6-8-16(15)20(23)24/h5-8,14H,4,9-13H2,1-3H3. The van der Waals surface area contributed by atoms with Gasteiger partial charge in [0.05, 0.1) is 24.4 Å². The fraction of sp³-hybridized carbons (Fsp3) is 0.556. The van der Waals surface area contributed by atoms with Crippen molar-refractivity contribution in [2.24, 2.45) is 5.92 Å². The van der Waals surface area contributed by atoms with Crippen molar-refractivity contribution in [1.82, 2.24) is 4.90 Å². The first-order chi connectivity index (χ1) is 11.8. The Labute approximate surface area is 148 Å². The summed E-state index contributed by atoms with van der Waals surface area (Å²) in [7, 11) is 0. The number of para-hydroxylation sites is 1. The third-order valence-corrected chi connectivity index (χ3v) is 3.75. The van der Waals surface area contributed by atoms with Gasteiger partial charge in [0, 0.05) is 24.7 Å². The summed E-state index contributed by atoms with van der Waals surface area (Å²) < 4.78 is 4.90. The number of esters is 1. The van der Waals surface area contributed by atoms with Gasteiger partial charge in [-0.05, 0) is 19.3 Å². The molecular weight excluding hydrogens is 324 g/mol. The summed E-state index contributed by atoms with van der Waals surface area (Å²) in [6.07, 6.45) is 0.859. The minimum atomic E-state index is -0.486. The number of nitro benzene ring substituents is 1. The minimum Gasteiger partial charge on any atom is -0.466 e. The smallest absolute Gasteiger partial charge is 0.307 e. The van der Waals surface area contributed by atoms with Crippen LogP contribution >= 0.6 is 0 Å². The highest BCUT2D eigenvalue weighted by Crippen LogP contribution is 2.19. The molecule has 1 amide bonds. The van der Waals surface area contributed by atoms with Crippen LogP contribution < -0.4 is 0 Å². The number of carbonyl (C=O) groups excluding carboxylic acids is 2. The van der Waals surface area contributed by atoms with Gasteiger partial charge in [-0.25, -0.2) is 0 Å². The molecule has 0 saturated carbocycles. The van der Waals surface area contributed by atoms with Crippen molar-refractivity contribution < 1.29 is 19.2 Å². The number of benzene rings is 1. The average molecular weight is 350 g/mol. The summed E-state index contributed by atoms with van der Waals surface area (Å²) in [6.45, 7) is 6.90. The maximum atomic E-state index is 12.6. The van der Waals surface area contributed by atoms with Crippen LogP contribution in [-0.2, 0) is 20.7 Å². The third kappa shape index (κ3) is 7.32. The van der Waals surface area contributed by atoms with E-state index in [2.05, 4.69) is 13.8 Å². The molecule has 0 aliphatic heterocycles. The maximum absolute atomic E-state index is 12.6. The maximum Gasteiger partial charge on any atom is 0.307 e. The number of rotatable bonds is 10. The Kier molecular flexibility index (Phi) is 8.60. The van der Waals surface area contributed by atoms with Crippen LogP contribution in [0.2, 0.25) is 0 Å². The number of hydrogen-bond donors (Lipinski definition) is 0. The number of nitro groups is 1. The zero-order valence-electron chi connectivity index (χ0n) is 15.1. The predicted octanol–water partition coefficient (Wildman–Crippen LogP) is 2.97. The van der Waals surface area contributed by atoms with Gasteiger partial charge in [-0.15, -0.1) is 0 Å². The average Bonchev–Trinajstić information content (AvgIpc) is 2.55. The van der Waals surface area contributed by atoms with Gasteiger partial charge >= 0.3 is 5.97 Å².